The van der Waals surface area contributed by atoms with E-state index in [4.69, 9.17) is 0 Å². The van der Waals surface area contributed by atoms with Gasteiger partial charge in [0, 0.05) is 30.9 Å². The second kappa shape index (κ2) is 7.48. The number of rotatable bonds is 6. The van der Waals surface area contributed by atoms with Gasteiger partial charge in [-0.25, -0.2) is 8.42 Å². The predicted octanol–water partition coefficient (Wildman–Crippen LogP) is 3.98. The molecule has 4 rings (SSSR count). The van der Waals surface area contributed by atoms with Crippen LogP contribution < -0.4 is 5.32 Å². The normalized spacial score (nSPS) is 15.7. The lowest BCUT2D eigenvalue weighted by atomic mass is 10.1. The van der Waals surface area contributed by atoms with Crippen LogP contribution in [-0.2, 0) is 23.1 Å². The van der Waals surface area contributed by atoms with Gasteiger partial charge in [-0.05, 0) is 52.9 Å². The van der Waals surface area contributed by atoms with Gasteiger partial charge in [0.25, 0.3) is 0 Å². The molecule has 136 valence electrons. The third-order valence-electron chi connectivity index (χ3n) is 4.83. The highest BCUT2D eigenvalue weighted by molar-refractivity contribution is 7.89. The maximum atomic E-state index is 12.6. The van der Waals surface area contributed by atoms with Crippen LogP contribution in [0.1, 0.15) is 24.0 Å². The molecule has 26 heavy (non-hydrogen) atoms. The summed E-state index contributed by atoms with van der Waals surface area (Å²) < 4.78 is 28.0. The van der Waals surface area contributed by atoms with Crippen LogP contribution in [0.2, 0.25) is 0 Å². The molecule has 1 saturated heterocycles. The molecule has 0 radical (unpaired) electrons. The minimum Gasteiger partial charge on any atom is -0.309 e. The maximum absolute atomic E-state index is 12.6. The second-order valence-corrected chi connectivity index (χ2v) is 9.46. The van der Waals surface area contributed by atoms with Crippen LogP contribution in [0, 0.1) is 0 Å². The Hall–Kier alpha value is -1.73. The first-order valence-electron chi connectivity index (χ1n) is 8.89. The van der Waals surface area contributed by atoms with Gasteiger partial charge in [-0.2, -0.15) is 4.31 Å². The van der Waals surface area contributed by atoms with E-state index in [0.717, 1.165) is 24.9 Å². The van der Waals surface area contributed by atoms with E-state index in [2.05, 4.69) is 35.0 Å². The van der Waals surface area contributed by atoms with Crippen molar-refractivity contribution in [3.05, 3.63) is 65.0 Å². The van der Waals surface area contributed by atoms with E-state index in [-0.39, 0.29) is 0 Å². The number of fused-ring (bicyclic) bond motifs is 1. The topological polar surface area (TPSA) is 49.4 Å². The molecule has 1 aliphatic rings. The minimum absolute atomic E-state index is 0.395. The summed E-state index contributed by atoms with van der Waals surface area (Å²) >= 11 is 1.77. The van der Waals surface area contributed by atoms with Crippen molar-refractivity contribution in [1.29, 1.82) is 0 Å². The second-order valence-electron chi connectivity index (χ2n) is 6.62. The maximum Gasteiger partial charge on any atom is 0.243 e. The summed E-state index contributed by atoms with van der Waals surface area (Å²) in [6.45, 7) is 2.80. The smallest absolute Gasteiger partial charge is 0.243 e. The Balaban J connectivity index is 1.38. The number of nitrogens with one attached hydrogen (secondary N) is 1. The molecule has 0 atom stereocenters. The molecule has 1 fully saturated rings. The lowest BCUT2D eigenvalue weighted by Crippen LogP contribution is -2.27. The van der Waals surface area contributed by atoms with Crippen molar-refractivity contribution in [2.24, 2.45) is 0 Å². The van der Waals surface area contributed by atoms with E-state index in [1.807, 2.05) is 12.1 Å². The van der Waals surface area contributed by atoms with Crippen molar-refractivity contribution >= 4 is 31.4 Å². The Morgan fingerprint density at radius 2 is 1.69 bits per heavy atom. The van der Waals surface area contributed by atoms with Crippen molar-refractivity contribution in [1.82, 2.24) is 9.62 Å². The SMILES string of the molecule is O=S(=O)(c1ccc(CNCc2csc3ccccc23)cc1)N1CCCC1. The van der Waals surface area contributed by atoms with Crippen LogP contribution in [0.4, 0.5) is 0 Å². The molecule has 2 heterocycles. The van der Waals surface area contributed by atoms with Gasteiger partial charge < -0.3 is 5.32 Å². The zero-order valence-corrected chi connectivity index (χ0v) is 16.2. The van der Waals surface area contributed by atoms with E-state index in [9.17, 15) is 8.42 Å². The summed E-state index contributed by atoms with van der Waals surface area (Å²) in [5.74, 6) is 0. The number of benzene rings is 2. The molecule has 0 bridgehead atoms. The van der Waals surface area contributed by atoms with Gasteiger partial charge in [-0.1, -0.05) is 30.3 Å². The van der Waals surface area contributed by atoms with Crippen molar-refractivity contribution < 1.29 is 8.42 Å². The minimum atomic E-state index is -3.32. The van der Waals surface area contributed by atoms with Crippen LogP contribution >= 0.6 is 11.3 Å². The fourth-order valence-corrected chi connectivity index (χ4v) is 5.85. The largest absolute Gasteiger partial charge is 0.309 e. The lowest BCUT2D eigenvalue weighted by Gasteiger charge is -2.15. The third-order valence-corrected chi connectivity index (χ3v) is 7.76. The number of nitrogens with zero attached hydrogens (tertiary/aromatic N) is 1. The summed E-state index contributed by atoms with van der Waals surface area (Å²) in [6, 6.07) is 15.7. The molecule has 0 unspecified atom stereocenters. The molecule has 2 aromatic carbocycles. The number of hydrogen-bond acceptors (Lipinski definition) is 4. The first-order chi connectivity index (χ1) is 12.6. The molecule has 6 heteroatoms. The van der Waals surface area contributed by atoms with Crippen molar-refractivity contribution in [2.75, 3.05) is 13.1 Å². The molecule has 1 N–H and O–H groups in total. The zero-order chi connectivity index (χ0) is 18.0. The average molecular weight is 387 g/mol. The molecule has 0 spiro atoms. The van der Waals surface area contributed by atoms with Crippen LogP contribution in [0.15, 0.2) is 58.8 Å². The molecular formula is C20H22N2O2S2. The summed E-state index contributed by atoms with van der Waals surface area (Å²) in [4.78, 5) is 0.395. The van der Waals surface area contributed by atoms with Crippen molar-refractivity contribution in [3.63, 3.8) is 0 Å². The first kappa shape index (κ1) is 17.7. The fourth-order valence-electron chi connectivity index (χ4n) is 3.37. The highest BCUT2D eigenvalue weighted by Gasteiger charge is 2.26. The Morgan fingerprint density at radius 3 is 2.46 bits per heavy atom. The monoisotopic (exact) mass is 386 g/mol. The molecular weight excluding hydrogens is 364 g/mol. The van der Waals surface area contributed by atoms with Gasteiger partial charge in [0.1, 0.15) is 0 Å². The van der Waals surface area contributed by atoms with E-state index >= 15 is 0 Å². The number of sulfonamides is 1. The molecule has 1 aromatic heterocycles. The van der Waals surface area contributed by atoms with Gasteiger partial charge in [0.15, 0.2) is 0 Å². The highest BCUT2D eigenvalue weighted by Crippen LogP contribution is 2.25. The summed E-state index contributed by atoms with van der Waals surface area (Å²) in [5.41, 5.74) is 2.39. The standard InChI is InChI=1S/C20H22N2O2S2/c23-26(24,22-11-3-4-12-22)18-9-7-16(8-10-18)13-21-14-17-15-25-20-6-2-1-5-19(17)20/h1-2,5-10,15,21H,3-4,11-14H2. The van der Waals surface area contributed by atoms with Gasteiger partial charge >= 0.3 is 0 Å². The van der Waals surface area contributed by atoms with Gasteiger partial charge in [-0.15, -0.1) is 11.3 Å². The average Bonchev–Trinajstić information content (AvgIpc) is 3.33. The Morgan fingerprint density at radius 1 is 0.962 bits per heavy atom. The summed E-state index contributed by atoms with van der Waals surface area (Å²) in [6.07, 6.45) is 1.91. The van der Waals surface area contributed by atoms with Gasteiger partial charge in [0.05, 0.1) is 4.90 Å². The van der Waals surface area contributed by atoms with Crippen molar-refractivity contribution in [2.45, 2.75) is 30.8 Å². The zero-order valence-electron chi connectivity index (χ0n) is 14.5. The van der Waals surface area contributed by atoms with Gasteiger partial charge in [-0.3, -0.25) is 0 Å². The Labute approximate surface area is 158 Å². The molecule has 4 nitrogen and oxygen atoms in total. The van der Waals surface area contributed by atoms with Crippen LogP contribution in [0.5, 0.6) is 0 Å². The van der Waals surface area contributed by atoms with E-state index in [1.165, 1.54) is 15.6 Å². The third kappa shape index (κ3) is 3.55. The highest BCUT2D eigenvalue weighted by atomic mass is 32.2. The molecule has 0 amide bonds. The van der Waals surface area contributed by atoms with E-state index in [1.54, 1.807) is 27.8 Å². The molecule has 3 aromatic rings. The van der Waals surface area contributed by atoms with Gasteiger partial charge in [0.2, 0.25) is 10.0 Å². The summed E-state index contributed by atoms with van der Waals surface area (Å²) in [5, 5.41) is 6.96. The van der Waals surface area contributed by atoms with Crippen LogP contribution in [-0.4, -0.2) is 25.8 Å². The fraction of sp³-hybridized carbons (Fsp3) is 0.300. The number of thiophene rings is 1. The van der Waals surface area contributed by atoms with Crippen molar-refractivity contribution in [3.8, 4) is 0 Å². The molecule has 1 aliphatic heterocycles. The first-order valence-corrected chi connectivity index (χ1v) is 11.2. The van der Waals surface area contributed by atoms with Crippen LogP contribution in [0.25, 0.3) is 10.1 Å². The molecule has 0 saturated carbocycles. The Bertz CT molecular complexity index is 988. The Kier molecular flexibility index (Phi) is 5.09. The number of hydrogen-bond donors (Lipinski definition) is 1. The lowest BCUT2D eigenvalue weighted by molar-refractivity contribution is 0.477. The quantitative estimate of drug-likeness (QED) is 0.697. The molecule has 0 aliphatic carbocycles. The van der Waals surface area contributed by atoms with Crippen LogP contribution in [0.3, 0.4) is 0 Å². The van der Waals surface area contributed by atoms with E-state index < -0.39 is 10.0 Å². The summed E-state index contributed by atoms with van der Waals surface area (Å²) in [7, 11) is -3.32. The predicted molar refractivity (Wildman–Crippen MR) is 107 cm³/mol. The van der Waals surface area contributed by atoms with E-state index in [0.29, 0.717) is 24.5 Å².